The monoisotopic (exact) mass is 328 g/mol. The average molecular weight is 328 g/mol. The van der Waals surface area contributed by atoms with Gasteiger partial charge in [-0.15, -0.1) is 0 Å². The zero-order valence-corrected chi connectivity index (χ0v) is 14.0. The summed E-state index contributed by atoms with van der Waals surface area (Å²) < 4.78 is 11.0. The third kappa shape index (κ3) is 5.30. The van der Waals surface area contributed by atoms with Gasteiger partial charge in [0.1, 0.15) is 5.76 Å². The van der Waals surface area contributed by atoms with Crippen LogP contribution in [-0.4, -0.2) is 24.1 Å². The average Bonchev–Trinajstić information content (AvgIpc) is 3.30. The van der Waals surface area contributed by atoms with Gasteiger partial charge in [0.25, 0.3) is 0 Å². The molecule has 0 aromatic carbocycles. The molecule has 0 spiro atoms. The molecule has 3 rings (SSSR count). The molecule has 2 aromatic heterocycles. The van der Waals surface area contributed by atoms with Crippen LogP contribution in [0.3, 0.4) is 0 Å². The molecule has 6 nitrogen and oxygen atoms in total. The maximum Gasteiger partial charge on any atom is 0.213 e. The Hall–Kier alpha value is -2.50. The summed E-state index contributed by atoms with van der Waals surface area (Å²) in [6.07, 6.45) is 6.05. The molecule has 1 aliphatic carbocycles. The lowest BCUT2D eigenvalue weighted by Crippen LogP contribution is -2.36. The summed E-state index contributed by atoms with van der Waals surface area (Å²) >= 11 is 0. The Balaban J connectivity index is 1.50. The van der Waals surface area contributed by atoms with Crippen molar-refractivity contribution in [3.8, 4) is 5.88 Å². The maximum atomic E-state index is 5.65. The maximum absolute atomic E-state index is 5.65. The van der Waals surface area contributed by atoms with E-state index in [9.17, 15) is 0 Å². The van der Waals surface area contributed by atoms with Crippen molar-refractivity contribution >= 4 is 5.96 Å². The summed E-state index contributed by atoms with van der Waals surface area (Å²) in [5, 5.41) is 6.46. The third-order valence-electron chi connectivity index (χ3n) is 3.74. The van der Waals surface area contributed by atoms with E-state index in [4.69, 9.17) is 9.15 Å². The van der Waals surface area contributed by atoms with Crippen LogP contribution in [0.25, 0.3) is 0 Å². The molecule has 2 heterocycles. The van der Waals surface area contributed by atoms with Gasteiger partial charge in [0.15, 0.2) is 5.96 Å². The number of nitrogens with zero attached hydrogens (tertiary/aromatic N) is 2. The van der Waals surface area contributed by atoms with E-state index in [-0.39, 0.29) is 0 Å². The number of nitrogens with one attached hydrogen (secondary N) is 2. The van der Waals surface area contributed by atoms with Gasteiger partial charge in [-0.1, -0.05) is 6.07 Å². The largest absolute Gasteiger partial charge is 0.477 e. The molecule has 6 heteroatoms. The molecular weight excluding hydrogens is 304 g/mol. The number of rotatable bonds is 8. The molecule has 1 saturated carbocycles. The molecule has 24 heavy (non-hydrogen) atoms. The minimum atomic E-state index is 0.559. The quantitative estimate of drug-likeness (QED) is 0.576. The Labute approximate surface area is 142 Å². The topological polar surface area (TPSA) is 71.7 Å². The fourth-order valence-electron chi connectivity index (χ4n) is 2.17. The number of hydrogen-bond acceptors (Lipinski definition) is 4. The van der Waals surface area contributed by atoms with E-state index in [0.29, 0.717) is 19.0 Å². The number of pyridine rings is 1. The number of furan rings is 1. The first-order valence-corrected chi connectivity index (χ1v) is 8.46. The highest BCUT2D eigenvalue weighted by Gasteiger charge is 2.21. The number of aromatic nitrogens is 1. The molecule has 0 unspecified atom stereocenters. The summed E-state index contributed by atoms with van der Waals surface area (Å²) in [4.78, 5) is 8.91. The van der Waals surface area contributed by atoms with Crippen LogP contribution in [0.5, 0.6) is 5.88 Å². The van der Waals surface area contributed by atoms with Crippen LogP contribution in [0.4, 0.5) is 0 Å². The zero-order valence-electron chi connectivity index (χ0n) is 14.0. The lowest BCUT2D eigenvalue weighted by atomic mass is 10.3. The van der Waals surface area contributed by atoms with E-state index in [1.165, 1.54) is 12.8 Å². The number of aliphatic imine (C=N–C) groups is 1. The SMILES string of the molecule is CCNC(=NCc1ccc(OCC2CC2)nc1)NCc1ccco1. The minimum Gasteiger partial charge on any atom is -0.477 e. The fraction of sp³-hybridized carbons (Fsp3) is 0.444. The van der Waals surface area contributed by atoms with Crippen molar-refractivity contribution in [2.75, 3.05) is 13.2 Å². The zero-order chi connectivity index (χ0) is 16.6. The molecule has 2 N–H and O–H groups in total. The van der Waals surface area contributed by atoms with Crippen molar-refractivity contribution in [1.29, 1.82) is 0 Å². The van der Waals surface area contributed by atoms with Crippen LogP contribution >= 0.6 is 0 Å². The molecule has 128 valence electrons. The van der Waals surface area contributed by atoms with Gasteiger partial charge in [0.05, 0.1) is 26.0 Å². The Morgan fingerprint density at radius 3 is 2.92 bits per heavy atom. The fourth-order valence-corrected chi connectivity index (χ4v) is 2.17. The predicted octanol–water partition coefficient (Wildman–Crippen LogP) is 2.72. The van der Waals surface area contributed by atoms with Gasteiger partial charge in [-0.3, -0.25) is 0 Å². The summed E-state index contributed by atoms with van der Waals surface area (Å²) in [6, 6.07) is 7.73. The van der Waals surface area contributed by atoms with Crippen molar-refractivity contribution in [3.05, 3.63) is 48.0 Å². The molecule has 0 radical (unpaired) electrons. The van der Waals surface area contributed by atoms with Crippen molar-refractivity contribution in [3.63, 3.8) is 0 Å². The molecule has 0 bridgehead atoms. The van der Waals surface area contributed by atoms with E-state index in [1.54, 1.807) is 6.26 Å². The van der Waals surface area contributed by atoms with Crippen molar-refractivity contribution in [2.45, 2.75) is 32.9 Å². The van der Waals surface area contributed by atoms with Gasteiger partial charge >= 0.3 is 0 Å². The second-order valence-corrected chi connectivity index (χ2v) is 5.89. The molecule has 2 aromatic rings. The molecule has 1 fully saturated rings. The van der Waals surface area contributed by atoms with Crippen LogP contribution < -0.4 is 15.4 Å². The van der Waals surface area contributed by atoms with E-state index < -0.39 is 0 Å². The van der Waals surface area contributed by atoms with Crippen LogP contribution in [0.1, 0.15) is 31.1 Å². The molecular formula is C18H24N4O2. The van der Waals surface area contributed by atoms with Gasteiger partial charge in [0, 0.05) is 18.8 Å². The third-order valence-corrected chi connectivity index (χ3v) is 3.74. The van der Waals surface area contributed by atoms with Crippen molar-refractivity contribution in [2.24, 2.45) is 10.9 Å². The summed E-state index contributed by atoms with van der Waals surface area (Å²) in [7, 11) is 0. The lowest BCUT2D eigenvalue weighted by Gasteiger charge is -2.10. The van der Waals surface area contributed by atoms with Crippen LogP contribution in [0, 0.1) is 5.92 Å². The van der Waals surface area contributed by atoms with Crippen LogP contribution in [0.15, 0.2) is 46.1 Å². The second-order valence-electron chi connectivity index (χ2n) is 5.89. The normalized spacial score (nSPS) is 14.5. The molecule has 0 amide bonds. The van der Waals surface area contributed by atoms with Gasteiger partial charge < -0.3 is 19.8 Å². The van der Waals surface area contributed by atoms with Gasteiger partial charge in [-0.2, -0.15) is 0 Å². The van der Waals surface area contributed by atoms with Gasteiger partial charge in [-0.05, 0) is 43.4 Å². The molecule has 1 aliphatic rings. The van der Waals surface area contributed by atoms with Crippen LogP contribution in [-0.2, 0) is 13.1 Å². The highest BCUT2D eigenvalue weighted by molar-refractivity contribution is 5.79. The van der Waals surface area contributed by atoms with Gasteiger partial charge in [-0.25, -0.2) is 9.98 Å². The predicted molar refractivity (Wildman–Crippen MR) is 92.8 cm³/mol. The highest BCUT2D eigenvalue weighted by atomic mass is 16.5. The lowest BCUT2D eigenvalue weighted by molar-refractivity contribution is 0.288. The highest BCUT2D eigenvalue weighted by Crippen LogP contribution is 2.29. The summed E-state index contributed by atoms with van der Waals surface area (Å²) in [5.74, 6) is 3.05. The van der Waals surface area contributed by atoms with E-state index in [2.05, 4.69) is 20.6 Å². The summed E-state index contributed by atoms with van der Waals surface area (Å²) in [5.41, 5.74) is 1.05. The standard InChI is InChI=1S/C18H24N4O2/c1-2-19-18(22-12-16-4-3-9-23-16)21-11-15-7-8-17(20-10-15)24-13-14-5-6-14/h3-4,7-10,14H,2,5-6,11-13H2,1H3,(H2,19,21,22). The number of hydrogen-bond donors (Lipinski definition) is 2. The molecule has 0 aliphatic heterocycles. The smallest absolute Gasteiger partial charge is 0.213 e. The molecule has 0 saturated heterocycles. The summed E-state index contributed by atoms with van der Waals surface area (Å²) in [6.45, 7) is 4.79. The Morgan fingerprint density at radius 2 is 2.25 bits per heavy atom. The molecule has 0 atom stereocenters. The van der Waals surface area contributed by atoms with Crippen LogP contribution in [0.2, 0.25) is 0 Å². The van der Waals surface area contributed by atoms with Gasteiger partial charge in [0.2, 0.25) is 5.88 Å². The Bertz CT molecular complexity index is 634. The van der Waals surface area contributed by atoms with Crippen molar-refractivity contribution < 1.29 is 9.15 Å². The first-order chi connectivity index (χ1) is 11.8. The first kappa shape index (κ1) is 16.4. The van der Waals surface area contributed by atoms with E-state index in [1.807, 2.05) is 37.4 Å². The van der Waals surface area contributed by atoms with E-state index >= 15 is 0 Å². The second kappa shape index (κ2) is 8.38. The number of guanidine groups is 1. The first-order valence-electron chi connectivity index (χ1n) is 8.46. The Morgan fingerprint density at radius 1 is 1.33 bits per heavy atom. The van der Waals surface area contributed by atoms with E-state index in [0.717, 1.165) is 36.4 Å². The minimum absolute atomic E-state index is 0.559. The Kier molecular flexibility index (Phi) is 5.71. The van der Waals surface area contributed by atoms with Crippen molar-refractivity contribution in [1.82, 2.24) is 15.6 Å². The number of ether oxygens (including phenoxy) is 1.